The van der Waals surface area contributed by atoms with Gasteiger partial charge in [0.15, 0.2) is 11.7 Å². The number of aliphatic imine (C=N–C) groups is 1. The third-order valence-corrected chi connectivity index (χ3v) is 4.33. The number of hydrogen-bond donors (Lipinski definition) is 5. The molecule has 2 aromatic rings. The van der Waals surface area contributed by atoms with Crippen LogP contribution in [0.25, 0.3) is 0 Å². The Morgan fingerprint density at radius 1 is 1.00 bits per heavy atom. The molecule has 0 heterocycles. The molecule has 186 valence electrons. The first-order valence-corrected chi connectivity index (χ1v) is 9.67. The second kappa shape index (κ2) is 11.1. The fourth-order valence-electron chi connectivity index (χ4n) is 2.83. The summed E-state index contributed by atoms with van der Waals surface area (Å²) in [5.74, 6) is -5.54. The summed E-state index contributed by atoms with van der Waals surface area (Å²) in [5.41, 5.74) is 8.17. The van der Waals surface area contributed by atoms with Gasteiger partial charge in [0.2, 0.25) is 5.91 Å². The molecule has 0 aliphatic carbocycles. The molecular weight excluding hydrogens is 478 g/mol. The molecule has 2 aromatic carbocycles. The number of carboxylic acid groups (broad SMARTS) is 1. The Balaban J connectivity index is 2.14. The van der Waals surface area contributed by atoms with Crippen LogP contribution in [-0.4, -0.2) is 47.2 Å². The normalized spacial score (nSPS) is 11.8. The molecule has 0 aromatic heterocycles. The molecule has 0 radical (unpaired) electrons. The van der Waals surface area contributed by atoms with Gasteiger partial charge in [0.25, 0.3) is 5.91 Å². The smallest absolute Gasteiger partial charge is 0.416 e. The number of ketones is 1. The molecule has 35 heavy (non-hydrogen) atoms. The highest BCUT2D eigenvalue weighted by Gasteiger charge is 2.32. The Hall–Kier alpha value is -4.49. The first-order valence-electron chi connectivity index (χ1n) is 9.67. The first-order chi connectivity index (χ1) is 16.3. The van der Waals surface area contributed by atoms with Gasteiger partial charge in [-0.2, -0.15) is 13.2 Å². The lowest BCUT2D eigenvalue weighted by atomic mass is 10.0. The van der Waals surface area contributed by atoms with Gasteiger partial charge in [-0.1, -0.05) is 0 Å². The van der Waals surface area contributed by atoms with Crippen LogP contribution in [0.1, 0.15) is 32.7 Å². The van der Waals surface area contributed by atoms with Crippen molar-refractivity contribution in [3.05, 3.63) is 65.0 Å². The third kappa shape index (κ3) is 8.10. The van der Waals surface area contributed by atoms with Crippen molar-refractivity contribution < 1.29 is 41.8 Å². The maximum Gasteiger partial charge on any atom is 0.416 e. The van der Waals surface area contributed by atoms with E-state index in [0.717, 1.165) is 30.3 Å². The van der Waals surface area contributed by atoms with Crippen molar-refractivity contribution in [2.75, 3.05) is 6.54 Å². The number of Topliss-reactive ketones (excluding diaryl/α,β-unsaturated/α-hetero) is 1. The van der Waals surface area contributed by atoms with Gasteiger partial charge in [0, 0.05) is 11.1 Å². The van der Waals surface area contributed by atoms with Gasteiger partial charge in [-0.15, -0.1) is 0 Å². The number of amides is 2. The largest absolute Gasteiger partial charge is 0.481 e. The zero-order valence-corrected chi connectivity index (χ0v) is 17.7. The summed E-state index contributed by atoms with van der Waals surface area (Å²) in [7, 11) is 0. The highest BCUT2D eigenvalue weighted by Crippen LogP contribution is 2.32. The van der Waals surface area contributed by atoms with Crippen molar-refractivity contribution >= 4 is 35.2 Å². The van der Waals surface area contributed by atoms with Gasteiger partial charge in [-0.25, -0.2) is 9.38 Å². The van der Waals surface area contributed by atoms with Gasteiger partial charge >= 0.3 is 12.1 Å². The zero-order chi connectivity index (χ0) is 26.3. The van der Waals surface area contributed by atoms with Crippen molar-refractivity contribution in [1.29, 1.82) is 0 Å². The summed E-state index contributed by atoms with van der Waals surface area (Å²) < 4.78 is 52.5. The van der Waals surface area contributed by atoms with E-state index in [9.17, 15) is 36.7 Å². The molecule has 10 nitrogen and oxygen atoms in total. The number of nitrogens with zero attached hydrogens (tertiary/aromatic N) is 1. The number of benzene rings is 2. The highest BCUT2D eigenvalue weighted by molar-refractivity contribution is 6.04. The van der Waals surface area contributed by atoms with Gasteiger partial charge < -0.3 is 27.2 Å². The second-order valence-electron chi connectivity index (χ2n) is 7.07. The van der Waals surface area contributed by atoms with E-state index in [-0.39, 0.29) is 11.3 Å². The number of carbonyl (C=O) groups excluding carboxylic acids is 3. The molecule has 0 aliphatic heterocycles. The van der Waals surface area contributed by atoms with E-state index < -0.39 is 71.7 Å². The number of nitrogens with one attached hydrogen (secondary N) is 2. The zero-order valence-electron chi connectivity index (χ0n) is 17.7. The molecule has 0 spiro atoms. The summed E-state index contributed by atoms with van der Waals surface area (Å²) in [6.45, 7) is -0.806. The molecule has 14 heteroatoms. The highest BCUT2D eigenvalue weighted by atomic mass is 19.4. The van der Waals surface area contributed by atoms with Gasteiger partial charge in [0.05, 0.1) is 24.2 Å². The molecular formula is C21H19F4N5O5. The predicted octanol–water partition coefficient (Wildman–Crippen LogP) is 1.32. The lowest BCUT2D eigenvalue weighted by molar-refractivity contribution is -0.138. The van der Waals surface area contributed by atoms with Crippen LogP contribution in [0.15, 0.2) is 47.5 Å². The van der Waals surface area contributed by atoms with Crippen LogP contribution < -0.4 is 22.1 Å². The van der Waals surface area contributed by atoms with E-state index in [4.69, 9.17) is 16.6 Å². The lowest BCUT2D eigenvalue weighted by Crippen LogP contribution is -2.46. The maximum atomic E-state index is 13.1. The average molecular weight is 497 g/mol. The van der Waals surface area contributed by atoms with E-state index in [0.29, 0.717) is 12.1 Å². The molecule has 0 fully saturated rings. The van der Waals surface area contributed by atoms with Crippen LogP contribution in [0.4, 0.5) is 23.2 Å². The molecule has 1 atom stereocenters. The number of hydrogen-bond acceptors (Lipinski definition) is 5. The van der Waals surface area contributed by atoms with Crippen LogP contribution in [0.5, 0.6) is 0 Å². The number of rotatable bonds is 9. The second-order valence-corrected chi connectivity index (χ2v) is 7.07. The SMILES string of the molecule is NC(N)=Nc1cc(C(=O)NCC(=O)NC(CC(=O)O)C(=O)c2ccc(F)cc2)cc(C(F)(F)F)c1. The molecule has 2 rings (SSSR count). The van der Waals surface area contributed by atoms with E-state index in [1.54, 1.807) is 0 Å². The molecule has 0 bridgehead atoms. The Kier molecular flexibility index (Phi) is 8.48. The molecule has 7 N–H and O–H groups in total. The Morgan fingerprint density at radius 2 is 1.63 bits per heavy atom. The van der Waals surface area contributed by atoms with Crippen molar-refractivity contribution in [1.82, 2.24) is 10.6 Å². The van der Waals surface area contributed by atoms with E-state index >= 15 is 0 Å². The standard InChI is InChI=1S/C21H19F4N5O5/c22-13-3-1-10(2-4-13)18(34)15(8-17(32)33)30-16(31)9-28-19(35)11-5-12(21(23,24)25)7-14(6-11)29-20(26)27/h1-7,15H,8-9H2,(H,28,35)(H,30,31)(H,32,33)(H4,26,27,29). The number of aliphatic carboxylic acids is 1. The van der Waals surface area contributed by atoms with Crippen LogP contribution in [0.2, 0.25) is 0 Å². The van der Waals surface area contributed by atoms with Crippen molar-refractivity contribution in [2.24, 2.45) is 16.5 Å². The molecule has 0 saturated carbocycles. The van der Waals surface area contributed by atoms with Crippen LogP contribution in [0, 0.1) is 5.82 Å². The minimum absolute atomic E-state index is 0.0711. The van der Waals surface area contributed by atoms with Crippen molar-refractivity contribution in [3.8, 4) is 0 Å². The molecule has 0 aliphatic rings. The summed E-state index contributed by atoms with van der Waals surface area (Å²) in [4.78, 5) is 51.7. The Labute approximate surface area is 195 Å². The average Bonchev–Trinajstić information content (AvgIpc) is 2.75. The van der Waals surface area contributed by atoms with Crippen LogP contribution in [-0.2, 0) is 15.8 Å². The van der Waals surface area contributed by atoms with E-state index in [2.05, 4.69) is 15.6 Å². The molecule has 1 unspecified atom stereocenters. The lowest BCUT2D eigenvalue weighted by Gasteiger charge is -2.16. The number of carbonyl (C=O) groups is 4. The summed E-state index contributed by atoms with van der Waals surface area (Å²) in [5, 5.41) is 13.2. The summed E-state index contributed by atoms with van der Waals surface area (Å²) in [6, 6.07) is 4.67. The van der Waals surface area contributed by atoms with Gasteiger partial charge in [-0.05, 0) is 42.5 Å². The summed E-state index contributed by atoms with van der Waals surface area (Å²) in [6.07, 6.45) is -5.64. The monoisotopic (exact) mass is 497 g/mol. The molecule has 0 saturated heterocycles. The van der Waals surface area contributed by atoms with Gasteiger partial charge in [-0.3, -0.25) is 19.2 Å². The number of halogens is 4. The number of alkyl halides is 3. The first kappa shape index (κ1) is 26.8. The Bertz CT molecular complexity index is 1160. The topological polar surface area (TPSA) is 177 Å². The number of carboxylic acids is 1. The van der Waals surface area contributed by atoms with E-state index in [1.807, 2.05) is 0 Å². The predicted molar refractivity (Wildman–Crippen MR) is 114 cm³/mol. The van der Waals surface area contributed by atoms with E-state index in [1.165, 1.54) is 0 Å². The maximum absolute atomic E-state index is 13.1. The number of nitrogens with two attached hydrogens (primary N) is 2. The quantitative estimate of drug-likeness (QED) is 0.150. The Morgan fingerprint density at radius 3 is 2.17 bits per heavy atom. The summed E-state index contributed by atoms with van der Waals surface area (Å²) >= 11 is 0. The minimum atomic E-state index is -4.83. The molecule has 2 amide bonds. The fraction of sp³-hybridized carbons (Fsp3) is 0.190. The van der Waals surface area contributed by atoms with Gasteiger partial charge in [0.1, 0.15) is 11.9 Å². The minimum Gasteiger partial charge on any atom is -0.481 e. The number of guanidine groups is 1. The van der Waals surface area contributed by atoms with Crippen LogP contribution in [0.3, 0.4) is 0 Å². The fourth-order valence-corrected chi connectivity index (χ4v) is 2.83. The van der Waals surface area contributed by atoms with Crippen molar-refractivity contribution in [3.63, 3.8) is 0 Å². The van der Waals surface area contributed by atoms with Crippen LogP contribution >= 0.6 is 0 Å². The third-order valence-electron chi connectivity index (χ3n) is 4.33. The van der Waals surface area contributed by atoms with Crippen molar-refractivity contribution in [2.45, 2.75) is 18.6 Å².